The molecule has 1 aromatic rings. The van der Waals surface area contributed by atoms with Crippen molar-refractivity contribution in [2.24, 2.45) is 0 Å². The van der Waals surface area contributed by atoms with E-state index in [0.29, 0.717) is 0 Å². The number of unbranched alkanes of at least 4 members (excludes halogenated alkanes) is 13. The Bertz CT molecular complexity index is 526. The lowest BCUT2D eigenvalue weighted by atomic mass is 9.87. The van der Waals surface area contributed by atoms with Crippen molar-refractivity contribution in [1.29, 1.82) is 0 Å². The number of benzene rings is 1. The van der Waals surface area contributed by atoms with E-state index in [4.69, 9.17) is 0 Å². The summed E-state index contributed by atoms with van der Waals surface area (Å²) in [4.78, 5) is 12.2. The third-order valence-electron chi connectivity index (χ3n) is 5.83. The van der Waals surface area contributed by atoms with E-state index in [2.05, 4.69) is 45.1 Å². The maximum Gasteiger partial charge on any atom is 0.251 e. The van der Waals surface area contributed by atoms with E-state index >= 15 is 0 Å². The number of nitrogens with one attached hydrogen (secondary N) is 1. The van der Waals surface area contributed by atoms with E-state index in [1.54, 1.807) is 0 Å². The van der Waals surface area contributed by atoms with Gasteiger partial charge in [-0.1, -0.05) is 123 Å². The smallest absolute Gasteiger partial charge is 0.251 e. The van der Waals surface area contributed by atoms with E-state index in [1.807, 2.05) is 12.1 Å². The largest absolute Gasteiger partial charge is 0.352 e. The lowest BCUT2D eigenvalue weighted by Gasteiger charge is -2.19. The highest BCUT2D eigenvalue weighted by atomic mass is 16.1. The second kappa shape index (κ2) is 15.5. The molecule has 0 fully saturated rings. The van der Waals surface area contributed by atoms with E-state index in [0.717, 1.165) is 18.5 Å². The van der Waals surface area contributed by atoms with Gasteiger partial charge >= 0.3 is 0 Å². The van der Waals surface area contributed by atoms with Crippen LogP contribution in [0, 0.1) is 0 Å². The summed E-state index contributed by atoms with van der Waals surface area (Å²) in [5.74, 6) is 0.0557. The van der Waals surface area contributed by atoms with E-state index in [-0.39, 0.29) is 11.3 Å². The second-order valence-electron chi connectivity index (χ2n) is 9.68. The van der Waals surface area contributed by atoms with Gasteiger partial charge in [-0.15, -0.1) is 0 Å². The molecule has 1 aromatic carbocycles. The van der Waals surface area contributed by atoms with Gasteiger partial charge in [-0.25, -0.2) is 0 Å². The Balaban J connectivity index is 1.93. The van der Waals surface area contributed by atoms with Gasteiger partial charge in [0.2, 0.25) is 0 Å². The third-order valence-corrected chi connectivity index (χ3v) is 5.83. The maximum absolute atomic E-state index is 12.2. The predicted octanol–water partition coefficient (Wildman–Crippen LogP) is 8.20. The first-order valence-corrected chi connectivity index (χ1v) is 12.3. The minimum absolute atomic E-state index is 0.0557. The quantitative estimate of drug-likeness (QED) is 0.278. The Kier molecular flexibility index (Phi) is 13.8. The van der Waals surface area contributed by atoms with Gasteiger partial charge in [0, 0.05) is 12.1 Å². The third kappa shape index (κ3) is 12.8. The molecule has 0 unspecified atom stereocenters. The highest BCUT2D eigenvalue weighted by Gasteiger charge is 2.14. The number of amides is 1. The van der Waals surface area contributed by atoms with E-state index in [9.17, 15) is 4.79 Å². The highest BCUT2D eigenvalue weighted by Crippen LogP contribution is 2.22. The molecule has 2 nitrogen and oxygen atoms in total. The van der Waals surface area contributed by atoms with Gasteiger partial charge in [0.1, 0.15) is 0 Å². The van der Waals surface area contributed by atoms with Crippen LogP contribution in [0.1, 0.15) is 134 Å². The molecule has 0 radical (unpaired) electrons. The first-order chi connectivity index (χ1) is 13.9. The van der Waals surface area contributed by atoms with Gasteiger partial charge in [0.05, 0.1) is 0 Å². The van der Waals surface area contributed by atoms with Crippen LogP contribution in [0.3, 0.4) is 0 Å². The zero-order chi connectivity index (χ0) is 21.4. The van der Waals surface area contributed by atoms with Crippen molar-refractivity contribution in [1.82, 2.24) is 5.32 Å². The molecule has 0 saturated heterocycles. The summed E-state index contributed by atoms with van der Waals surface area (Å²) in [6, 6.07) is 8.03. The van der Waals surface area contributed by atoms with Crippen LogP contribution >= 0.6 is 0 Å². The van der Waals surface area contributed by atoms with Crippen molar-refractivity contribution in [3.05, 3.63) is 35.4 Å². The highest BCUT2D eigenvalue weighted by molar-refractivity contribution is 5.94. The van der Waals surface area contributed by atoms with E-state index < -0.39 is 0 Å². The summed E-state index contributed by atoms with van der Waals surface area (Å²) in [5, 5.41) is 3.06. The SMILES string of the molecule is CCCCCCCCCCCCCCCCNC(=O)c1ccc(C(C)(C)C)cc1. The van der Waals surface area contributed by atoms with Crippen molar-refractivity contribution in [2.75, 3.05) is 6.54 Å². The molecule has 166 valence electrons. The monoisotopic (exact) mass is 401 g/mol. The van der Waals surface area contributed by atoms with Crippen LogP contribution in [-0.2, 0) is 5.41 Å². The molecular formula is C27H47NO. The zero-order valence-electron chi connectivity index (χ0n) is 19.8. The molecule has 1 N–H and O–H groups in total. The number of carbonyl (C=O) groups excluding carboxylic acids is 1. The number of hydrogen-bond acceptors (Lipinski definition) is 1. The second-order valence-corrected chi connectivity index (χ2v) is 9.68. The molecule has 2 heteroatoms. The van der Waals surface area contributed by atoms with Crippen molar-refractivity contribution in [2.45, 2.75) is 123 Å². The maximum atomic E-state index is 12.2. The molecule has 29 heavy (non-hydrogen) atoms. The van der Waals surface area contributed by atoms with Crippen molar-refractivity contribution in [3.8, 4) is 0 Å². The Morgan fingerprint density at radius 1 is 0.690 bits per heavy atom. The van der Waals surface area contributed by atoms with Crippen LogP contribution in [0.5, 0.6) is 0 Å². The van der Waals surface area contributed by atoms with Crippen molar-refractivity contribution >= 4 is 5.91 Å². The molecule has 0 aliphatic rings. The number of carbonyl (C=O) groups is 1. The molecule has 0 saturated carbocycles. The lowest BCUT2D eigenvalue weighted by molar-refractivity contribution is 0.0953. The number of hydrogen-bond donors (Lipinski definition) is 1. The fourth-order valence-electron chi connectivity index (χ4n) is 3.75. The zero-order valence-corrected chi connectivity index (χ0v) is 19.8. The molecule has 1 amide bonds. The van der Waals surface area contributed by atoms with Crippen molar-refractivity contribution < 1.29 is 4.79 Å². The molecule has 0 atom stereocenters. The topological polar surface area (TPSA) is 29.1 Å². The molecule has 0 spiro atoms. The molecular weight excluding hydrogens is 354 g/mol. The fraction of sp³-hybridized carbons (Fsp3) is 0.741. The molecule has 0 aliphatic heterocycles. The molecule has 0 heterocycles. The van der Waals surface area contributed by atoms with Gasteiger partial charge in [-0.3, -0.25) is 4.79 Å². The van der Waals surface area contributed by atoms with Gasteiger partial charge in [0.25, 0.3) is 5.91 Å². The van der Waals surface area contributed by atoms with Gasteiger partial charge in [-0.2, -0.15) is 0 Å². The van der Waals surface area contributed by atoms with Crippen LogP contribution in [-0.4, -0.2) is 12.5 Å². The first-order valence-electron chi connectivity index (χ1n) is 12.3. The Morgan fingerprint density at radius 2 is 1.10 bits per heavy atom. The molecule has 0 bridgehead atoms. The Morgan fingerprint density at radius 3 is 1.52 bits per heavy atom. The fourth-order valence-corrected chi connectivity index (χ4v) is 3.75. The first kappa shape index (κ1) is 25.7. The molecule has 0 aliphatic carbocycles. The van der Waals surface area contributed by atoms with Crippen LogP contribution in [0.2, 0.25) is 0 Å². The van der Waals surface area contributed by atoms with Gasteiger partial charge < -0.3 is 5.32 Å². The predicted molar refractivity (Wildman–Crippen MR) is 128 cm³/mol. The average Bonchev–Trinajstić information content (AvgIpc) is 2.70. The minimum Gasteiger partial charge on any atom is -0.352 e. The average molecular weight is 402 g/mol. The number of rotatable bonds is 16. The van der Waals surface area contributed by atoms with Crippen LogP contribution < -0.4 is 5.32 Å². The van der Waals surface area contributed by atoms with E-state index in [1.165, 1.54) is 89.0 Å². The summed E-state index contributed by atoms with van der Waals surface area (Å²) < 4.78 is 0. The van der Waals surface area contributed by atoms with Crippen LogP contribution in [0.4, 0.5) is 0 Å². The lowest BCUT2D eigenvalue weighted by Crippen LogP contribution is -2.24. The molecule has 0 aromatic heterocycles. The standard InChI is InChI=1S/C27H47NO/c1-5-6-7-8-9-10-11-12-13-14-15-16-17-18-23-28-26(29)24-19-21-25(22-20-24)27(2,3)4/h19-22H,5-18,23H2,1-4H3,(H,28,29). The van der Waals surface area contributed by atoms with Gasteiger partial charge in [-0.05, 0) is 29.5 Å². The van der Waals surface area contributed by atoms with Crippen molar-refractivity contribution in [3.63, 3.8) is 0 Å². The summed E-state index contributed by atoms with van der Waals surface area (Å²) in [7, 11) is 0. The van der Waals surface area contributed by atoms with Crippen LogP contribution in [0.25, 0.3) is 0 Å². The summed E-state index contributed by atoms with van der Waals surface area (Å²) in [5.41, 5.74) is 2.16. The minimum atomic E-state index is 0.0557. The summed E-state index contributed by atoms with van der Waals surface area (Å²) in [6.07, 6.45) is 19.1. The normalized spacial score (nSPS) is 11.6. The van der Waals surface area contributed by atoms with Gasteiger partial charge in [0.15, 0.2) is 0 Å². The van der Waals surface area contributed by atoms with Crippen LogP contribution in [0.15, 0.2) is 24.3 Å². The Labute approximate surface area is 181 Å². The summed E-state index contributed by atoms with van der Waals surface area (Å²) in [6.45, 7) is 9.65. The molecule has 1 rings (SSSR count). The summed E-state index contributed by atoms with van der Waals surface area (Å²) >= 11 is 0. The Hall–Kier alpha value is -1.31.